The first-order chi connectivity index (χ1) is 10.3. The Hall–Kier alpha value is -1.88. The van der Waals surface area contributed by atoms with Crippen LogP contribution in [-0.2, 0) is 0 Å². The number of hydrogen-bond acceptors (Lipinski definition) is 3. The number of thioether (sulfide) groups is 1. The van der Waals surface area contributed by atoms with Crippen molar-refractivity contribution in [3.63, 3.8) is 0 Å². The molecule has 1 aromatic carbocycles. The molecule has 0 amide bonds. The minimum absolute atomic E-state index is 0.0697. The van der Waals surface area contributed by atoms with E-state index in [2.05, 4.69) is 4.98 Å². The predicted molar refractivity (Wildman–Crippen MR) is 86.3 cm³/mol. The number of carbonyl (C=O) groups excluding carboxylic acids is 2. The fraction of sp³-hybridized carbons (Fsp3) is 0.294. The number of halogens is 1. The quantitative estimate of drug-likeness (QED) is 0.659. The van der Waals surface area contributed by atoms with Crippen LogP contribution in [0.4, 0.5) is 4.39 Å². The molecule has 1 N–H and O–H groups in total. The van der Waals surface area contributed by atoms with Crippen molar-refractivity contribution in [1.82, 2.24) is 4.98 Å². The van der Waals surface area contributed by atoms with Crippen LogP contribution >= 0.6 is 11.8 Å². The summed E-state index contributed by atoms with van der Waals surface area (Å²) in [6.45, 7) is 6.75. The number of aryl methyl sites for hydroxylation is 1. The Bertz CT molecular complexity index is 736. The normalized spacial score (nSPS) is 12.2. The van der Waals surface area contributed by atoms with Gasteiger partial charge in [-0.1, -0.05) is 12.1 Å². The maximum absolute atomic E-state index is 13.7. The molecule has 1 unspecified atom stereocenters. The van der Waals surface area contributed by atoms with E-state index >= 15 is 0 Å². The molecule has 0 bridgehead atoms. The van der Waals surface area contributed by atoms with Gasteiger partial charge in [0.15, 0.2) is 11.6 Å². The van der Waals surface area contributed by atoms with Gasteiger partial charge in [-0.05, 0) is 45.4 Å². The van der Waals surface area contributed by atoms with Crippen LogP contribution in [-0.4, -0.2) is 21.8 Å². The van der Waals surface area contributed by atoms with Gasteiger partial charge < -0.3 is 4.98 Å². The number of H-pyrrole nitrogens is 1. The van der Waals surface area contributed by atoms with Gasteiger partial charge in [-0.15, -0.1) is 11.8 Å². The smallest absolute Gasteiger partial charge is 0.192 e. The second-order valence-corrected chi connectivity index (χ2v) is 6.62. The van der Waals surface area contributed by atoms with Crippen molar-refractivity contribution in [3.05, 3.63) is 52.6 Å². The molecule has 2 rings (SSSR count). The number of benzene rings is 1. The van der Waals surface area contributed by atoms with Crippen molar-refractivity contribution in [2.75, 3.05) is 0 Å². The lowest BCUT2D eigenvalue weighted by Crippen LogP contribution is -2.15. The molecule has 3 nitrogen and oxygen atoms in total. The van der Waals surface area contributed by atoms with E-state index in [4.69, 9.17) is 0 Å². The molecule has 22 heavy (non-hydrogen) atoms. The molecule has 1 heterocycles. The largest absolute Gasteiger partial charge is 0.355 e. The monoisotopic (exact) mass is 319 g/mol. The highest BCUT2D eigenvalue weighted by Crippen LogP contribution is 2.29. The van der Waals surface area contributed by atoms with Crippen molar-refractivity contribution in [2.24, 2.45) is 0 Å². The number of rotatable bonds is 5. The van der Waals surface area contributed by atoms with E-state index in [0.29, 0.717) is 27.4 Å². The number of hydrogen-bond donors (Lipinski definition) is 1. The molecule has 116 valence electrons. The van der Waals surface area contributed by atoms with E-state index in [9.17, 15) is 14.0 Å². The van der Waals surface area contributed by atoms with Crippen LogP contribution in [0.1, 0.15) is 46.0 Å². The van der Waals surface area contributed by atoms with E-state index in [1.165, 1.54) is 24.8 Å². The van der Waals surface area contributed by atoms with Gasteiger partial charge in [0.2, 0.25) is 0 Å². The third-order valence-corrected chi connectivity index (χ3v) is 4.70. The van der Waals surface area contributed by atoms with Crippen molar-refractivity contribution >= 4 is 23.3 Å². The van der Waals surface area contributed by atoms with Crippen LogP contribution in [0, 0.1) is 19.7 Å². The van der Waals surface area contributed by atoms with E-state index in [1.807, 2.05) is 0 Å². The topological polar surface area (TPSA) is 49.9 Å². The van der Waals surface area contributed by atoms with Crippen LogP contribution in [0.3, 0.4) is 0 Å². The molecule has 0 radical (unpaired) electrons. The summed E-state index contributed by atoms with van der Waals surface area (Å²) in [5.74, 6) is -0.544. The van der Waals surface area contributed by atoms with Gasteiger partial charge in [0.25, 0.3) is 0 Å². The van der Waals surface area contributed by atoms with Crippen molar-refractivity contribution in [1.29, 1.82) is 0 Å². The second kappa shape index (κ2) is 6.48. The van der Waals surface area contributed by atoms with Gasteiger partial charge in [0.1, 0.15) is 5.82 Å². The van der Waals surface area contributed by atoms with E-state index < -0.39 is 5.25 Å². The summed E-state index contributed by atoms with van der Waals surface area (Å²) in [5, 5.41) is -0.451. The van der Waals surface area contributed by atoms with Gasteiger partial charge in [-0.2, -0.15) is 0 Å². The van der Waals surface area contributed by atoms with Gasteiger partial charge >= 0.3 is 0 Å². The van der Waals surface area contributed by atoms with Crippen LogP contribution in [0.2, 0.25) is 0 Å². The fourth-order valence-electron chi connectivity index (χ4n) is 2.51. The molecular formula is C17H18FNO2S. The Kier molecular flexibility index (Phi) is 4.86. The lowest BCUT2D eigenvalue weighted by molar-refractivity contribution is 0.0988. The Labute approximate surface area is 133 Å². The Balaban J connectivity index is 2.27. The number of Topliss-reactive ketones (excluding diaryl/α,β-unsaturated/α-hetero) is 2. The fourth-order valence-corrected chi connectivity index (χ4v) is 3.46. The van der Waals surface area contributed by atoms with Gasteiger partial charge in [-0.25, -0.2) is 4.39 Å². The third-order valence-electron chi connectivity index (χ3n) is 3.55. The SMILES string of the molecule is CC(=O)c1c(C)[nH]c(C(=O)C(C)Sc2ccccc2F)c1C. The number of nitrogens with one attached hydrogen (secondary N) is 1. The summed E-state index contributed by atoms with van der Waals surface area (Å²) in [4.78, 5) is 27.7. The summed E-state index contributed by atoms with van der Waals surface area (Å²) in [6, 6.07) is 6.37. The molecule has 0 saturated carbocycles. The van der Waals surface area contributed by atoms with Gasteiger partial charge in [0, 0.05) is 16.2 Å². The zero-order valence-corrected chi connectivity index (χ0v) is 13.8. The predicted octanol–water partition coefficient (Wildman–Crippen LogP) is 4.34. The molecule has 0 spiro atoms. The number of ketones is 2. The Morgan fingerprint density at radius 3 is 2.41 bits per heavy atom. The van der Waals surface area contributed by atoms with Gasteiger partial charge in [-0.3, -0.25) is 9.59 Å². The summed E-state index contributed by atoms with van der Waals surface area (Å²) < 4.78 is 13.7. The average Bonchev–Trinajstić information content (AvgIpc) is 2.75. The molecular weight excluding hydrogens is 301 g/mol. The lowest BCUT2D eigenvalue weighted by atomic mass is 10.0. The summed E-state index contributed by atoms with van der Waals surface area (Å²) in [5.41, 5.74) is 2.35. The first kappa shape index (κ1) is 16.5. The molecule has 5 heteroatoms. The zero-order chi connectivity index (χ0) is 16.4. The van der Waals surface area contributed by atoms with Crippen molar-refractivity contribution < 1.29 is 14.0 Å². The van der Waals surface area contributed by atoms with Crippen LogP contribution < -0.4 is 0 Å². The maximum Gasteiger partial charge on any atom is 0.192 e. The molecule has 0 aliphatic heterocycles. The maximum atomic E-state index is 13.7. The minimum atomic E-state index is -0.451. The first-order valence-corrected chi connectivity index (χ1v) is 7.86. The summed E-state index contributed by atoms with van der Waals surface area (Å²) >= 11 is 1.18. The molecule has 1 atom stereocenters. The van der Waals surface area contributed by atoms with E-state index in [1.54, 1.807) is 39.0 Å². The second-order valence-electron chi connectivity index (χ2n) is 5.24. The third kappa shape index (κ3) is 3.14. The molecule has 0 aliphatic rings. The van der Waals surface area contributed by atoms with Gasteiger partial charge in [0.05, 0.1) is 10.9 Å². The summed E-state index contributed by atoms with van der Waals surface area (Å²) in [7, 11) is 0. The van der Waals surface area contributed by atoms with Crippen LogP contribution in [0.25, 0.3) is 0 Å². The zero-order valence-electron chi connectivity index (χ0n) is 13.0. The molecule has 0 saturated heterocycles. The molecule has 0 aliphatic carbocycles. The van der Waals surface area contributed by atoms with Crippen LogP contribution in [0.15, 0.2) is 29.2 Å². The number of carbonyl (C=O) groups is 2. The molecule has 1 aromatic heterocycles. The van der Waals surface area contributed by atoms with Crippen LogP contribution in [0.5, 0.6) is 0 Å². The first-order valence-electron chi connectivity index (χ1n) is 6.98. The highest BCUT2D eigenvalue weighted by Gasteiger charge is 2.24. The number of aromatic nitrogens is 1. The standard InChI is InChI=1S/C17H18FNO2S/c1-9-15(11(3)20)10(2)19-16(9)17(21)12(4)22-14-8-6-5-7-13(14)18/h5-8,12,19H,1-4H3. The minimum Gasteiger partial charge on any atom is -0.355 e. The van der Waals surface area contributed by atoms with Crippen molar-refractivity contribution in [3.8, 4) is 0 Å². The molecule has 0 fully saturated rings. The highest BCUT2D eigenvalue weighted by molar-refractivity contribution is 8.00. The van der Waals surface area contributed by atoms with E-state index in [0.717, 1.165) is 0 Å². The van der Waals surface area contributed by atoms with Crippen molar-refractivity contribution in [2.45, 2.75) is 37.8 Å². The highest BCUT2D eigenvalue weighted by atomic mass is 32.2. The summed E-state index contributed by atoms with van der Waals surface area (Å²) in [6.07, 6.45) is 0. The molecule has 2 aromatic rings. The number of aromatic amines is 1. The van der Waals surface area contributed by atoms with E-state index in [-0.39, 0.29) is 17.4 Å². The average molecular weight is 319 g/mol. The Morgan fingerprint density at radius 1 is 1.23 bits per heavy atom. The lowest BCUT2D eigenvalue weighted by Gasteiger charge is -2.10. The Morgan fingerprint density at radius 2 is 1.86 bits per heavy atom.